The number of benzene rings is 1. The summed E-state index contributed by atoms with van der Waals surface area (Å²) in [6.07, 6.45) is 13.9. The number of carboxylic acids is 1. The van der Waals surface area contributed by atoms with Crippen molar-refractivity contribution in [1.29, 1.82) is 0 Å². The predicted octanol–water partition coefficient (Wildman–Crippen LogP) is 4.33. The van der Waals surface area contributed by atoms with E-state index in [0.29, 0.717) is 29.2 Å². The van der Waals surface area contributed by atoms with Gasteiger partial charge in [-0.05, 0) is 35.8 Å². The molecule has 1 heterocycles. The standard InChI is InChI=1S/C21H19FN2O2/c22-17-7-8-18-19(12-17)24-20(23-18)10-16(11-21(25)26)15-6-5-13-3-1-2-4-14(13)9-15/h1-4,6-9,12-13,16H,5,10-11H2,(H,23,24)(H,25,26). The van der Waals surface area contributed by atoms with Crippen LogP contribution < -0.4 is 0 Å². The van der Waals surface area contributed by atoms with Crippen LogP contribution in [0.15, 0.2) is 65.8 Å². The van der Waals surface area contributed by atoms with E-state index in [9.17, 15) is 14.3 Å². The molecule has 0 bridgehead atoms. The van der Waals surface area contributed by atoms with E-state index < -0.39 is 5.97 Å². The van der Waals surface area contributed by atoms with Crippen molar-refractivity contribution in [2.24, 2.45) is 11.8 Å². The Bertz CT molecular complexity index is 981. The molecule has 2 atom stereocenters. The number of aromatic nitrogens is 2. The maximum Gasteiger partial charge on any atom is 0.303 e. The largest absolute Gasteiger partial charge is 0.481 e. The zero-order chi connectivity index (χ0) is 18.1. The van der Waals surface area contributed by atoms with Crippen LogP contribution in [-0.4, -0.2) is 21.0 Å². The van der Waals surface area contributed by atoms with Crippen molar-refractivity contribution in [3.05, 3.63) is 77.4 Å². The molecule has 2 unspecified atom stereocenters. The van der Waals surface area contributed by atoms with Gasteiger partial charge in [-0.3, -0.25) is 4.79 Å². The third-order valence-electron chi connectivity index (χ3n) is 4.94. The summed E-state index contributed by atoms with van der Waals surface area (Å²) >= 11 is 0. The highest BCUT2D eigenvalue weighted by molar-refractivity contribution is 5.75. The number of rotatable bonds is 5. The molecule has 0 saturated heterocycles. The monoisotopic (exact) mass is 350 g/mol. The topological polar surface area (TPSA) is 66.0 Å². The van der Waals surface area contributed by atoms with Crippen LogP contribution in [0.3, 0.4) is 0 Å². The molecule has 1 aromatic heterocycles. The van der Waals surface area contributed by atoms with Crippen molar-refractivity contribution in [3.8, 4) is 0 Å². The first-order valence-electron chi connectivity index (χ1n) is 8.71. The summed E-state index contributed by atoms with van der Waals surface area (Å²) in [6, 6.07) is 4.41. The Hall–Kier alpha value is -2.95. The molecule has 26 heavy (non-hydrogen) atoms. The molecule has 0 fully saturated rings. The van der Waals surface area contributed by atoms with Crippen molar-refractivity contribution < 1.29 is 14.3 Å². The molecule has 2 aromatic rings. The number of carboxylic acid groups (broad SMARTS) is 1. The van der Waals surface area contributed by atoms with Crippen molar-refractivity contribution in [2.45, 2.75) is 19.3 Å². The summed E-state index contributed by atoms with van der Waals surface area (Å²) in [6.45, 7) is 0. The van der Waals surface area contributed by atoms with E-state index in [2.05, 4.69) is 34.3 Å². The van der Waals surface area contributed by atoms with Crippen LogP contribution in [0.1, 0.15) is 18.7 Å². The molecule has 0 radical (unpaired) electrons. The Kier molecular flexibility index (Phi) is 4.29. The fraction of sp³-hybridized carbons (Fsp3) is 0.238. The molecule has 2 aliphatic carbocycles. The third kappa shape index (κ3) is 3.38. The highest BCUT2D eigenvalue weighted by Gasteiger charge is 2.23. The second-order valence-electron chi connectivity index (χ2n) is 6.78. The van der Waals surface area contributed by atoms with Gasteiger partial charge < -0.3 is 10.1 Å². The van der Waals surface area contributed by atoms with Gasteiger partial charge in [-0.2, -0.15) is 0 Å². The number of aliphatic carboxylic acids is 1. The van der Waals surface area contributed by atoms with Gasteiger partial charge in [0.15, 0.2) is 0 Å². The first-order chi connectivity index (χ1) is 12.6. The fourth-order valence-corrected chi connectivity index (χ4v) is 3.65. The normalized spacial score (nSPS) is 19.8. The number of aromatic amines is 1. The molecule has 5 heteroatoms. The van der Waals surface area contributed by atoms with Crippen LogP contribution in [0.5, 0.6) is 0 Å². The molecule has 0 saturated carbocycles. The molecular weight excluding hydrogens is 331 g/mol. The van der Waals surface area contributed by atoms with Gasteiger partial charge in [0.25, 0.3) is 0 Å². The average Bonchev–Trinajstić information content (AvgIpc) is 3.01. The predicted molar refractivity (Wildman–Crippen MR) is 98.1 cm³/mol. The average molecular weight is 350 g/mol. The number of imidazole rings is 1. The lowest BCUT2D eigenvalue weighted by Gasteiger charge is -2.24. The van der Waals surface area contributed by atoms with E-state index in [-0.39, 0.29) is 18.2 Å². The summed E-state index contributed by atoms with van der Waals surface area (Å²) in [4.78, 5) is 19.0. The summed E-state index contributed by atoms with van der Waals surface area (Å²) < 4.78 is 13.4. The number of hydrogen-bond donors (Lipinski definition) is 2. The molecule has 2 N–H and O–H groups in total. The molecule has 0 spiro atoms. The quantitative estimate of drug-likeness (QED) is 0.843. The number of hydrogen-bond acceptors (Lipinski definition) is 2. The number of allylic oxidation sites excluding steroid dienone is 8. The van der Waals surface area contributed by atoms with Crippen molar-refractivity contribution in [1.82, 2.24) is 9.97 Å². The number of nitrogens with one attached hydrogen (secondary N) is 1. The van der Waals surface area contributed by atoms with E-state index >= 15 is 0 Å². The van der Waals surface area contributed by atoms with Crippen LogP contribution in [0, 0.1) is 17.7 Å². The van der Waals surface area contributed by atoms with Crippen LogP contribution in [0.25, 0.3) is 11.0 Å². The minimum Gasteiger partial charge on any atom is -0.481 e. The van der Waals surface area contributed by atoms with Gasteiger partial charge in [0.2, 0.25) is 0 Å². The highest BCUT2D eigenvalue weighted by atomic mass is 19.1. The number of H-pyrrole nitrogens is 1. The Morgan fingerprint density at radius 3 is 3.12 bits per heavy atom. The molecule has 132 valence electrons. The van der Waals surface area contributed by atoms with Gasteiger partial charge in [-0.15, -0.1) is 0 Å². The zero-order valence-corrected chi connectivity index (χ0v) is 14.2. The zero-order valence-electron chi connectivity index (χ0n) is 14.2. The van der Waals surface area contributed by atoms with E-state index in [0.717, 1.165) is 12.0 Å². The summed E-state index contributed by atoms with van der Waals surface area (Å²) in [5, 5.41) is 9.35. The highest BCUT2D eigenvalue weighted by Crippen LogP contribution is 2.33. The lowest BCUT2D eigenvalue weighted by Crippen LogP contribution is -2.17. The van der Waals surface area contributed by atoms with Gasteiger partial charge in [-0.25, -0.2) is 9.37 Å². The molecule has 2 aliphatic rings. The lowest BCUT2D eigenvalue weighted by molar-refractivity contribution is -0.137. The maximum absolute atomic E-state index is 13.4. The van der Waals surface area contributed by atoms with E-state index in [1.165, 1.54) is 17.7 Å². The number of halogens is 1. The molecule has 0 aliphatic heterocycles. The number of nitrogens with zero attached hydrogens (tertiary/aromatic N) is 1. The van der Waals surface area contributed by atoms with Gasteiger partial charge in [0, 0.05) is 18.3 Å². The van der Waals surface area contributed by atoms with E-state index in [4.69, 9.17) is 0 Å². The molecule has 4 rings (SSSR count). The summed E-state index contributed by atoms with van der Waals surface area (Å²) in [5.74, 6) is -0.276. The van der Waals surface area contributed by atoms with Crippen LogP contribution in [0.2, 0.25) is 0 Å². The molecule has 4 nitrogen and oxygen atoms in total. The van der Waals surface area contributed by atoms with Gasteiger partial charge in [-0.1, -0.05) is 36.5 Å². The van der Waals surface area contributed by atoms with Gasteiger partial charge in [0.1, 0.15) is 11.6 Å². The number of carbonyl (C=O) groups is 1. The van der Waals surface area contributed by atoms with E-state index in [1.54, 1.807) is 6.07 Å². The third-order valence-corrected chi connectivity index (χ3v) is 4.94. The second kappa shape index (κ2) is 6.75. The van der Waals surface area contributed by atoms with Crippen molar-refractivity contribution in [2.75, 3.05) is 0 Å². The molecule has 1 aromatic carbocycles. The number of fused-ring (bicyclic) bond motifs is 2. The fourth-order valence-electron chi connectivity index (χ4n) is 3.65. The van der Waals surface area contributed by atoms with Crippen molar-refractivity contribution >= 4 is 17.0 Å². The Labute approximate surface area is 150 Å². The van der Waals surface area contributed by atoms with Gasteiger partial charge >= 0.3 is 5.97 Å². The van der Waals surface area contributed by atoms with Crippen LogP contribution in [0.4, 0.5) is 4.39 Å². The first-order valence-corrected chi connectivity index (χ1v) is 8.71. The molecular formula is C21H19FN2O2. The second-order valence-corrected chi connectivity index (χ2v) is 6.78. The SMILES string of the molecule is O=C(O)CC(Cc1nc2ccc(F)cc2[nH]1)C1=CCC2C=CC=CC2=C1. The lowest BCUT2D eigenvalue weighted by atomic mass is 9.80. The molecule has 0 amide bonds. The summed E-state index contributed by atoms with van der Waals surface area (Å²) in [5.41, 5.74) is 3.56. The minimum atomic E-state index is -0.835. The Balaban J connectivity index is 1.61. The minimum absolute atomic E-state index is 0.0330. The van der Waals surface area contributed by atoms with Crippen LogP contribution in [-0.2, 0) is 11.2 Å². The maximum atomic E-state index is 13.4. The Morgan fingerprint density at radius 2 is 2.27 bits per heavy atom. The first kappa shape index (κ1) is 16.5. The smallest absolute Gasteiger partial charge is 0.303 e. The van der Waals surface area contributed by atoms with Gasteiger partial charge in [0.05, 0.1) is 17.5 Å². The summed E-state index contributed by atoms with van der Waals surface area (Å²) in [7, 11) is 0. The van der Waals surface area contributed by atoms with E-state index in [1.807, 2.05) is 12.2 Å². The van der Waals surface area contributed by atoms with Crippen molar-refractivity contribution in [3.63, 3.8) is 0 Å². The Morgan fingerprint density at radius 1 is 1.38 bits per heavy atom. The van der Waals surface area contributed by atoms with Crippen LogP contribution >= 0.6 is 0 Å².